The number of amides is 2. The van der Waals surface area contributed by atoms with Gasteiger partial charge in [-0.1, -0.05) is 23.7 Å². The fraction of sp³-hybridized carbons (Fsp3) is 0.231. The van der Waals surface area contributed by atoms with Gasteiger partial charge in [0.25, 0.3) is 17.7 Å². The van der Waals surface area contributed by atoms with Gasteiger partial charge in [0.2, 0.25) is 0 Å². The van der Waals surface area contributed by atoms with Crippen LogP contribution in [0.4, 0.5) is 37.7 Å². The van der Waals surface area contributed by atoms with E-state index in [0.717, 1.165) is 35.2 Å². The molecule has 0 aromatic heterocycles. The van der Waals surface area contributed by atoms with Gasteiger partial charge in [-0.15, -0.1) is 0 Å². The van der Waals surface area contributed by atoms with Crippen molar-refractivity contribution in [3.05, 3.63) is 93.8 Å². The minimum atomic E-state index is -4.84. The Kier molecular flexibility index (Phi) is 7.41. The van der Waals surface area contributed by atoms with Gasteiger partial charge in [-0.3, -0.25) is 9.59 Å². The molecule has 0 spiro atoms. The molecule has 6 nitrogen and oxygen atoms in total. The van der Waals surface area contributed by atoms with Crippen molar-refractivity contribution in [2.75, 3.05) is 23.4 Å². The summed E-state index contributed by atoms with van der Waals surface area (Å²) in [6, 6.07) is 10.0. The van der Waals surface area contributed by atoms with Gasteiger partial charge >= 0.3 is 6.18 Å². The molecule has 0 aliphatic carbocycles. The third-order valence-electron chi connectivity index (χ3n) is 6.36. The van der Waals surface area contributed by atoms with E-state index in [4.69, 9.17) is 11.6 Å². The van der Waals surface area contributed by atoms with Crippen LogP contribution in [0.25, 0.3) is 0 Å². The molecule has 4 rings (SSSR count). The van der Waals surface area contributed by atoms with Crippen molar-refractivity contribution in [2.45, 2.75) is 24.1 Å². The first-order chi connectivity index (χ1) is 18.2. The molecule has 39 heavy (non-hydrogen) atoms. The quantitative estimate of drug-likeness (QED) is 0.354. The summed E-state index contributed by atoms with van der Waals surface area (Å²) in [5.41, 5.74) is -6.62. The summed E-state index contributed by atoms with van der Waals surface area (Å²) in [6.07, 6.45) is -5.90. The SMILES string of the molecule is O=C(Nc1ccc(C(=O)N2CCC(F)(F)[C@](O)(CO)c3cc(Cl)ccc32)cc1F)c1ccccc1C(F)(F)F. The second kappa shape index (κ2) is 10.2. The monoisotopic (exact) mass is 572 g/mol. The molecule has 0 fully saturated rings. The molecule has 1 heterocycles. The molecular formula is C26H19ClF6N2O4. The second-order valence-corrected chi connectivity index (χ2v) is 9.22. The number of anilines is 2. The summed E-state index contributed by atoms with van der Waals surface area (Å²) in [4.78, 5) is 26.6. The van der Waals surface area contributed by atoms with Gasteiger partial charge < -0.3 is 20.4 Å². The second-order valence-electron chi connectivity index (χ2n) is 8.78. The molecule has 3 aromatic carbocycles. The van der Waals surface area contributed by atoms with Crippen molar-refractivity contribution >= 4 is 34.8 Å². The first-order valence-electron chi connectivity index (χ1n) is 11.3. The lowest BCUT2D eigenvalue weighted by molar-refractivity contribution is -0.205. The van der Waals surface area contributed by atoms with Gasteiger partial charge in [-0.25, -0.2) is 13.2 Å². The number of halogens is 7. The highest BCUT2D eigenvalue weighted by molar-refractivity contribution is 6.30. The Bertz CT molecular complexity index is 1450. The molecule has 1 aliphatic heterocycles. The highest BCUT2D eigenvalue weighted by Gasteiger charge is 2.56. The van der Waals surface area contributed by atoms with E-state index in [1.807, 2.05) is 5.32 Å². The van der Waals surface area contributed by atoms with E-state index in [2.05, 4.69) is 0 Å². The number of carbonyl (C=O) groups excluding carboxylic acids is 2. The topological polar surface area (TPSA) is 89.9 Å². The van der Waals surface area contributed by atoms with Crippen molar-refractivity contribution in [3.8, 4) is 0 Å². The number of benzene rings is 3. The number of hydrogen-bond acceptors (Lipinski definition) is 4. The summed E-state index contributed by atoms with van der Waals surface area (Å²) < 4.78 is 84.4. The van der Waals surface area contributed by atoms with Crippen molar-refractivity contribution in [2.24, 2.45) is 0 Å². The maximum absolute atomic E-state index is 14.9. The predicted molar refractivity (Wildman–Crippen MR) is 129 cm³/mol. The molecular weight excluding hydrogens is 554 g/mol. The van der Waals surface area contributed by atoms with Crippen LogP contribution in [0.15, 0.2) is 60.7 Å². The van der Waals surface area contributed by atoms with Crippen molar-refractivity contribution < 1.29 is 46.1 Å². The highest BCUT2D eigenvalue weighted by atomic mass is 35.5. The predicted octanol–water partition coefficient (Wildman–Crippen LogP) is 5.62. The smallest absolute Gasteiger partial charge is 0.393 e. The Labute approximate surface area is 222 Å². The lowest BCUT2D eigenvalue weighted by atomic mass is 9.86. The summed E-state index contributed by atoms with van der Waals surface area (Å²) in [6.45, 7) is -2.01. The lowest BCUT2D eigenvalue weighted by Crippen LogP contribution is -2.48. The van der Waals surface area contributed by atoms with E-state index in [0.29, 0.717) is 12.1 Å². The van der Waals surface area contributed by atoms with E-state index >= 15 is 0 Å². The maximum atomic E-state index is 14.9. The summed E-state index contributed by atoms with van der Waals surface area (Å²) in [5, 5.41) is 22.3. The number of nitrogens with zero attached hydrogens (tertiary/aromatic N) is 1. The number of carbonyl (C=O) groups is 2. The molecule has 0 saturated heterocycles. The molecule has 0 unspecified atom stereocenters. The molecule has 3 aromatic rings. The van der Waals surface area contributed by atoms with E-state index in [-0.39, 0.29) is 16.3 Å². The Morgan fingerprint density at radius 2 is 1.74 bits per heavy atom. The molecule has 13 heteroatoms. The zero-order valence-corrected chi connectivity index (χ0v) is 20.5. The van der Waals surface area contributed by atoms with Crippen LogP contribution in [0.3, 0.4) is 0 Å². The number of rotatable bonds is 4. The van der Waals surface area contributed by atoms with Gasteiger partial charge in [0.1, 0.15) is 5.82 Å². The van der Waals surface area contributed by atoms with Gasteiger partial charge in [-0.2, -0.15) is 13.2 Å². The first kappa shape index (κ1) is 28.4. The summed E-state index contributed by atoms with van der Waals surface area (Å²) in [5.74, 6) is -7.26. The van der Waals surface area contributed by atoms with E-state index in [1.165, 1.54) is 18.2 Å². The average Bonchev–Trinajstić information content (AvgIpc) is 2.96. The Morgan fingerprint density at radius 1 is 1.05 bits per heavy atom. The largest absolute Gasteiger partial charge is 0.417 e. The van der Waals surface area contributed by atoms with E-state index in [9.17, 15) is 46.1 Å². The molecule has 1 atom stereocenters. The molecule has 0 bridgehead atoms. The van der Waals surface area contributed by atoms with Crippen LogP contribution < -0.4 is 10.2 Å². The van der Waals surface area contributed by atoms with Crippen molar-refractivity contribution in [1.82, 2.24) is 0 Å². The number of aliphatic hydroxyl groups is 2. The zero-order valence-electron chi connectivity index (χ0n) is 19.7. The molecule has 3 N–H and O–H groups in total. The van der Waals surface area contributed by atoms with Crippen LogP contribution in [0.5, 0.6) is 0 Å². The average molecular weight is 573 g/mol. The number of alkyl halides is 5. The first-order valence-corrected chi connectivity index (χ1v) is 11.7. The van der Waals surface area contributed by atoms with Gasteiger partial charge in [0.15, 0.2) is 5.60 Å². The molecule has 0 radical (unpaired) electrons. The van der Waals surface area contributed by atoms with Crippen LogP contribution in [-0.2, 0) is 11.8 Å². The maximum Gasteiger partial charge on any atom is 0.417 e. The lowest BCUT2D eigenvalue weighted by Gasteiger charge is -2.33. The van der Waals surface area contributed by atoms with Crippen molar-refractivity contribution in [3.63, 3.8) is 0 Å². The number of nitrogens with one attached hydrogen (secondary N) is 1. The fourth-order valence-electron chi connectivity index (χ4n) is 4.29. The minimum absolute atomic E-state index is 0.0519. The Balaban J connectivity index is 1.66. The third kappa shape index (κ3) is 5.19. The Hall–Kier alpha value is -3.61. The normalized spacial score (nSPS) is 18.7. The van der Waals surface area contributed by atoms with E-state index in [1.54, 1.807) is 0 Å². The molecule has 2 amide bonds. The summed E-state index contributed by atoms with van der Waals surface area (Å²) in [7, 11) is 0. The van der Waals surface area contributed by atoms with Gasteiger partial charge in [-0.05, 0) is 48.5 Å². The number of aliphatic hydroxyl groups excluding tert-OH is 1. The van der Waals surface area contributed by atoms with Crippen LogP contribution in [0.2, 0.25) is 5.02 Å². The van der Waals surface area contributed by atoms with Crippen LogP contribution in [0, 0.1) is 5.82 Å². The fourth-order valence-corrected chi connectivity index (χ4v) is 4.46. The van der Waals surface area contributed by atoms with Gasteiger partial charge in [0.05, 0.1) is 29.1 Å². The summed E-state index contributed by atoms with van der Waals surface area (Å²) >= 11 is 5.92. The van der Waals surface area contributed by atoms with E-state index < -0.39 is 77.3 Å². The van der Waals surface area contributed by atoms with Crippen LogP contribution in [-0.4, -0.2) is 41.1 Å². The minimum Gasteiger partial charge on any atom is -0.393 e. The standard InChI is InChI=1S/C26H19ClF6N2O4/c27-15-6-8-21-18(12-15)24(39,13-36)25(29,30)9-10-35(21)23(38)14-5-7-20(19(28)11-14)34-22(37)16-3-1-2-4-17(16)26(31,32)33/h1-8,11-12,36,39H,9-10,13H2,(H,34,37)/t24-/m0/s1. The Morgan fingerprint density at radius 3 is 2.38 bits per heavy atom. The highest BCUT2D eigenvalue weighted by Crippen LogP contribution is 2.47. The number of fused-ring (bicyclic) bond motifs is 1. The van der Waals surface area contributed by atoms with Crippen LogP contribution in [0.1, 0.15) is 38.3 Å². The molecule has 206 valence electrons. The van der Waals surface area contributed by atoms with Crippen LogP contribution >= 0.6 is 11.6 Å². The zero-order chi connectivity index (χ0) is 28.8. The molecule has 1 aliphatic rings. The molecule has 0 saturated carbocycles. The van der Waals surface area contributed by atoms with Gasteiger partial charge in [0, 0.05) is 29.1 Å². The van der Waals surface area contributed by atoms with Crippen molar-refractivity contribution in [1.29, 1.82) is 0 Å². The number of hydrogen-bond donors (Lipinski definition) is 3. The third-order valence-corrected chi connectivity index (χ3v) is 6.60.